The quantitative estimate of drug-likeness (QED) is 0.833. The molecule has 1 aromatic rings. The summed E-state index contributed by atoms with van der Waals surface area (Å²) in [5.74, 6) is -0.189. The average molecular weight is 344 g/mol. The van der Waals surface area contributed by atoms with Crippen molar-refractivity contribution in [3.63, 3.8) is 0 Å². The normalized spacial score (nSPS) is 22.7. The summed E-state index contributed by atoms with van der Waals surface area (Å²) < 4.78 is 5.24. The van der Waals surface area contributed by atoms with Gasteiger partial charge < -0.3 is 10.1 Å². The van der Waals surface area contributed by atoms with Gasteiger partial charge >= 0.3 is 0 Å². The van der Waals surface area contributed by atoms with E-state index in [1.54, 1.807) is 13.2 Å². The highest BCUT2D eigenvalue weighted by Gasteiger charge is 2.47. The van der Waals surface area contributed by atoms with E-state index in [0.717, 1.165) is 31.2 Å². The number of nitrogens with zero attached hydrogens (tertiary/aromatic N) is 1. The minimum absolute atomic E-state index is 0.0913. The zero-order chi connectivity index (χ0) is 18.0. The largest absolute Gasteiger partial charge is 0.495 e. The van der Waals surface area contributed by atoms with Crippen molar-refractivity contribution in [3.05, 3.63) is 23.8 Å². The van der Waals surface area contributed by atoms with Crippen molar-refractivity contribution < 1.29 is 19.1 Å². The molecule has 1 aromatic carbocycles. The summed E-state index contributed by atoms with van der Waals surface area (Å²) in [4.78, 5) is 38.4. The van der Waals surface area contributed by atoms with E-state index >= 15 is 0 Å². The fraction of sp³-hybridized carbons (Fsp3) is 0.526. The maximum Gasteiger partial charge on any atom is 0.233 e. The lowest BCUT2D eigenvalue weighted by atomic mass is 9.81. The summed E-state index contributed by atoms with van der Waals surface area (Å²) in [6.07, 6.45) is 3.67. The van der Waals surface area contributed by atoms with Gasteiger partial charge in [-0.2, -0.15) is 0 Å². The number of benzene rings is 1. The van der Waals surface area contributed by atoms with E-state index in [2.05, 4.69) is 5.32 Å². The molecule has 2 aliphatic rings. The molecule has 1 aliphatic carbocycles. The number of nitrogens with one attached hydrogen (secondary N) is 1. The smallest absolute Gasteiger partial charge is 0.233 e. The number of ether oxygens (including phenoxy) is 1. The monoisotopic (exact) mass is 344 g/mol. The van der Waals surface area contributed by atoms with Crippen LogP contribution in [0.15, 0.2) is 18.2 Å². The van der Waals surface area contributed by atoms with E-state index < -0.39 is 0 Å². The third-order valence-electron chi connectivity index (χ3n) is 5.12. The molecule has 2 fully saturated rings. The standard InChI is InChI=1S/C19H24N2O4/c1-12-7-8-16(25-2)15(11-12)20-17(22)9-10-21-18(23)13-5-3-4-6-14(13)19(21)24/h7-8,11,13-14H,3-6,9-10H2,1-2H3,(H,20,22)/t13-,14+. The average Bonchev–Trinajstić information content (AvgIpc) is 2.85. The number of aryl methyl sites for hydroxylation is 1. The second kappa shape index (κ2) is 7.25. The topological polar surface area (TPSA) is 75.7 Å². The maximum atomic E-state index is 12.4. The van der Waals surface area contributed by atoms with E-state index in [4.69, 9.17) is 4.74 Å². The van der Waals surface area contributed by atoms with Crippen LogP contribution in [0.1, 0.15) is 37.7 Å². The second-order valence-corrected chi connectivity index (χ2v) is 6.83. The molecule has 0 unspecified atom stereocenters. The number of imide groups is 1. The Bertz CT molecular complexity index is 677. The third kappa shape index (κ3) is 3.52. The third-order valence-corrected chi connectivity index (χ3v) is 5.12. The first-order valence-corrected chi connectivity index (χ1v) is 8.81. The summed E-state index contributed by atoms with van der Waals surface area (Å²) in [6, 6.07) is 5.53. The lowest BCUT2D eigenvalue weighted by Crippen LogP contribution is -2.34. The highest BCUT2D eigenvalue weighted by molar-refractivity contribution is 6.05. The Balaban J connectivity index is 1.60. The number of amides is 3. The van der Waals surface area contributed by atoms with Gasteiger partial charge in [0.1, 0.15) is 5.75 Å². The predicted octanol–water partition coefficient (Wildman–Crippen LogP) is 2.51. The fourth-order valence-corrected chi connectivity index (χ4v) is 3.80. The van der Waals surface area contributed by atoms with Crippen molar-refractivity contribution in [1.82, 2.24) is 4.90 Å². The molecule has 0 aromatic heterocycles. The molecule has 0 radical (unpaired) electrons. The van der Waals surface area contributed by atoms with Crippen LogP contribution in [0.2, 0.25) is 0 Å². The van der Waals surface area contributed by atoms with Crippen LogP contribution in [0, 0.1) is 18.8 Å². The van der Waals surface area contributed by atoms with Crippen LogP contribution in [0.25, 0.3) is 0 Å². The summed E-state index contributed by atoms with van der Waals surface area (Å²) in [7, 11) is 1.55. The van der Waals surface area contributed by atoms with Crippen LogP contribution in [0.4, 0.5) is 5.69 Å². The molecule has 2 atom stereocenters. The van der Waals surface area contributed by atoms with Crippen LogP contribution in [-0.4, -0.2) is 36.3 Å². The van der Waals surface area contributed by atoms with E-state index in [-0.39, 0.29) is 42.5 Å². The molecule has 6 heteroatoms. The van der Waals surface area contributed by atoms with Gasteiger partial charge in [0.05, 0.1) is 24.6 Å². The Morgan fingerprint density at radius 3 is 2.44 bits per heavy atom. The number of rotatable bonds is 5. The fourth-order valence-electron chi connectivity index (χ4n) is 3.80. The molecular formula is C19H24N2O4. The number of hydrogen-bond donors (Lipinski definition) is 1. The van der Waals surface area contributed by atoms with E-state index in [1.165, 1.54) is 4.90 Å². The van der Waals surface area contributed by atoms with Crippen molar-refractivity contribution in [2.24, 2.45) is 11.8 Å². The van der Waals surface area contributed by atoms with E-state index in [0.29, 0.717) is 11.4 Å². The molecule has 1 heterocycles. The molecule has 1 saturated carbocycles. The Labute approximate surface area is 147 Å². The first-order valence-electron chi connectivity index (χ1n) is 8.81. The molecule has 1 aliphatic heterocycles. The van der Waals surface area contributed by atoms with Crippen molar-refractivity contribution in [2.75, 3.05) is 19.0 Å². The Morgan fingerprint density at radius 1 is 1.20 bits per heavy atom. The van der Waals surface area contributed by atoms with Crippen LogP contribution < -0.4 is 10.1 Å². The zero-order valence-electron chi connectivity index (χ0n) is 14.7. The minimum Gasteiger partial charge on any atom is -0.495 e. The molecule has 6 nitrogen and oxygen atoms in total. The predicted molar refractivity (Wildman–Crippen MR) is 93.1 cm³/mol. The molecule has 25 heavy (non-hydrogen) atoms. The van der Waals surface area contributed by atoms with Crippen molar-refractivity contribution in [2.45, 2.75) is 39.0 Å². The van der Waals surface area contributed by atoms with Crippen LogP contribution in [0.5, 0.6) is 5.75 Å². The van der Waals surface area contributed by atoms with Crippen LogP contribution in [-0.2, 0) is 14.4 Å². The summed E-state index contributed by atoms with van der Waals surface area (Å²) in [6.45, 7) is 2.07. The van der Waals surface area contributed by atoms with E-state index in [9.17, 15) is 14.4 Å². The number of hydrogen-bond acceptors (Lipinski definition) is 4. The van der Waals surface area contributed by atoms with Gasteiger partial charge in [0.25, 0.3) is 0 Å². The molecule has 0 bridgehead atoms. The lowest BCUT2D eigenvalue weighted by Gasteiger charge is -2.19. The van der Waals surface area contributed by atoms with Gasteiger partial charge in [-0.15, -0.1) is 0 Å². The Kier molecular flexibility index (Phi) is 5.06. The molecular weight excluding hydrogens is 320 g/mol. The van der Waals surface area contributed by atoms with Crippen molar-refractivity contribution in [3.8, 4) is 5.75 Å². The highest BCUT2D eigenvalue weighted by Crippen LogP contribution is 2.38. The first-order chi connectivity index (χ1) is 12.0. The number of anilines is 1. The highest BCUT2D eigenvalue weighted by atomic mass is 16.5. The Morgan fingerprint density at radius 2 is 1.84 bits per heavy atom. The molecule has 1 N–H and O–H groups in total. The summed E-state index contributed by atoms with van der Waals surface area (Å²) in [5.41, 5.74) is 1.60. The summed E-state index contributed by atoms with van der Waals surface area (Å²) >= 11 is 0. The summed E-state index contributed by atoms with van der Waals surface area (Å²) in [5, 5.41) is 2.81. The maximum absolute atomic E-state index is 12.4. The molecule has 0 spiro atoms. The van der Waals surface area contributed by atoms with Crippen LogP contribution >= 0.6 is 0 Å². The number of fused-ring (bicyclic) bond motifs is 1. The SMILES string of the molecule is COc1ccc(C)cc1NC(=O)CCN1C(=O)[C@H]2CCCC[C@H]2C1=O. The first kappa shape index (κ1) is 17.5. The molecule has 1 saturated heterocycles. The van der Waals surface area contributed by atoms with Gasteiger partial charge in [0, 0.05) is 13.0 Å². The molecule has 3 amide bonds. The number of carbonyl (C=O) groups is 3. The number of carbonyl (C=O) groups excluding carboxylic acids is 3. The molecule has 3 rings (SSSR count). The lowest BCUT2D eigenvalue weighted by molar-refractivity contribution is -0.140. The van der Waals surface area contributed by atoms with Crippen LogP contribution in [0.3, 0.4) is 0 Å². The van der Waals surface area contributed by atoms with Gasteiger partial charge in [0.2, 0.25) is 17.7 Å². The number of methoxy groups -OCH3 is 1. The van der Waals surface area contributed by atoms with Gasteiger partial charge in [0.15, 0.2) is 0 Å². The van der Waals surface area contributed by atoms with Gasteiger partial charge in [-0.1, -0.05) is 18.9 Å². The van der Waals surface area contributed by atoms with Crippen molar-refractivity contribution in [1.29, 1.82) is 0 Å². The van der Waals surface area contributed by atoms with Crippen molar-refractivity contribution >= 4 is 23.4 Å². The Hall–Kier alpha value is -2.37. The van der Waals surface area contributed by atoms with Gasteiger partial charge in [-0.3, -0.25) is 19.3 Å². The zero-order valence-corrected chi connectivity index (χ0v) is 14.7. The van der Waals surface area contributed by atoms with Gasteiger partial charge in [-0.25, -0.2) is 0 Å². The van der Waals surface area contributed by atoms with Gasteiger partial charge in [-0.05, 0) is 37.5 Å². The number of likely N-dealkylation sites (tertiary alicyclic amines) is 1. The molecule has 134 valence electrons. The van der Waals surface area contributed by atoms with E-state index in [1.807, 2.05) is 19.1 Å². The minimum atomic E-state index is -0.237. The second-order valence-electron chi connectivity index (χ2n) is 6.83.